The topological polar surface area (TPSA) is 75.8 Å². The average molecular weight is 216 g/mol. The number of carbonyl (C=O) groups is 1. The van der Waals surface area contributed by atoms with Gasteiger partial charge in [0.25, 0.3) is 0 Å². The van der Waals surface area contributed by atoms with Crippen LogP contribution in [0.3, 0.4) is 0 Å². The third-order valence-electron chi connectivity index (χ3n) is 2.76. The summed E-state index contributed by atoms with van der Waals surface area (Å²) in [4.78, 5) is 12.8. The minimum Gasteiger partial charge on any atom is -0.480 e. The van der Waals surface area contributed by atoms with Crippen molar-refractivity contribution in [2.24, 2.45) is 5.73 Å². The zero-order chi connectivity index (χ0) is 11.3. The van der Waals surface area contributed by atoms with E-state index in [1.54, 1.807) is 0 Å². The van der Waals surface area contributed by atoms with Gasteiger partial charge in [-0.05, 0) is 26.3 Å². The van der Waals surface area contributed by atoms with E-state index < -0.39 is 12.0 Å². The van der Waals surface area contributed by atoms with Gasteiger partial charge in [-0.15, -0.1) is 0 Å². The Hall–Kier alpha value is -0.650. The smallest absolute Gasteiger partial charge is 0.322 e. The highest BCUT2D eigenvalue weighted by molar-refractivity contribution is 5.73. The first-order chi connectivity index (χ1) is 7.19. The molecule has 1 saturated heterocycles. The van der Waals surface area contributed by atoms with E-state index in [-0.39, 0.29) is 12.6 Å². The summed E-state index contributed by atoms with van der Waals surface area (Å²) in [5, 5.41) is 8.98. The van der Waals surface area contributed by atoms with Crippen LogP contribution >= 0.6 is 0 Å². The Morgan fingerprint density at radius 1 is 1.73 bits per heavy atom. The summed E-state index contributed by atoms with van der Waals surface area (Å²) in [7, 11) is 0. The zero-order valence-electron chi connectivity index (χ0n) is 9.19. The van der Waals surface area contributed by atoms with Crippen molar-refractivity contribution in [1.82, 2.24) is 4.90 Å². The number of likely N-dealkylation sites (tertiary alicyclic amines) is 1. The molecular weight excluding hydrogens is 196 g/mol. The van der Waals surface area contributed by atoms with Gasteiger partial charge in [0.1, 0.15) is 6.04 Å². The van der Waals surface area contributed by atoms with Gasteiger partial charge in [-0.1, -0.05) is 0 Å². The van der Waals surface area contributed by atoms with Crippen molar-refractivity contribution < 1.29 is 14.6 Å². The molecule has 0 aromatic heterocycles. The third kappa shape index (κ3) is 3.44. The Labute approximate surface area is 90.2 Å². The molecule has 0 aromatic carbocycles. The van der Waals surface area contributed by atoms with E-state index in [1.807, 2.05) is 11.8 Å². The van der Waals surface area contributed by atoms with Crippen LogP contribution < -0.4 is 5.73 Å². The molecule has 1 fully saturated rings. The Morgan fingerprint density at radius 2 is 2.47 bits per heavy atom. The van der Waals surface area contributed by atoms with Crippen molar-refractivity contribution >= 4 is 5.97 Å². The minimum atomic E-state index is -0.838. The first kappa shape index (κ1) is 12.4. The molecule has 1 aliphatic rings. The second-order valence-electron chi connectivity index (χ2n) is 3.80. The van der Waals surface area contributed by atoms with Crippen LogP contribution in [0, 0.1) is 0 Å². The molecule has 0 radical (unpaired) electrons. The minimum absolute atomic E-state index is 0.161. The van der Waals surface area contributed by atoms with Crippen molar-refractivity contribution in [2.45, 2.75) is 31.9 Å². The fourth-order valence-corrected chi connectivity index (χ4v) is 2.03. The van der Waals surface area contributed by atoms with E-state index in [2.05, 4.69) is 0 Å². The third-order valence-corrected chi connectivity index (χ3v) is 2.76. The fraction of sp³-hybridized carbons (Fsp3) is 0.900. The van der Waals surface area contributed by atoms with E-state index >= 15 is 0 Å². The zero-order valence-corrected chi connectivity index (χ0v) is 9.19. The molecule has 15 heavy (non-hydrogen) atoms. The summed E-state index contributed by atoms with van der Waals surface area (Å²) in [5.74, 6) is -0.838. The molecule has 2 unspecified atom stereocenters. The lowest BCUT2D eigenvalue weighted by Crippen LogP contribution is -2.52. The number of carboxylic acids is 1. The van der Waals surface area contributed by atoms with E-state index in [0.29, 0.717) is 13.2 Å². The number of hydrogen-bond acceptors (Lipinski definition) is 4. The van der Waals surface area contributed by atoms with Gasteiger partial charge in [0.05, 0.1) is 6.10 Å². The van der Waals surface area contributed by atoms with Crippen molar-refractivity contribution in [1.29, 1.82) is 0 Å². The Kier molecular flexibility index (Phi) is 5.01. The molecule has 2 atom stereocenters. The number of nitrogens with two attached hydrogens (primary N) is 1. The van der Waals surface area contributed by atoms with Crippen LogP contribution in [0.4, 0.5) is 0 Å². The van der Waals surface area contributed by atoms with E-state index in [9.17, 15) is 4.79 Å². The lowest BCUT2D eigenvalue weighted by Gasteiger charge is -2.35. The normalized spacial score (nSPS) is 25.1. The maximum atomic E-state index is 10.9. The quantitative estimate of drug-likeness (QED) is 0.671. The number of ether oxygens (including phenoxy) is 1. The second-order valence-corrected chi connectivity index (χ2v) is 3.80. The summed E-state index contributed by atoms with van der Waals surface area (Å²) in [6.07, 6.45) is 2.16. The molecule has 0 aliphatic carbocycles. The first-order valence-corrected chi connectivity index (χ1v) is 5.47. The molecule has 0 saturated carbocycles. The SMILES string of the molecule is CCOC1CCCN(C(CN)C(=O)O)C1. The van der Waals surface area contributed by atoms with Crippen molar-refractivity contribution in [3.05, 3.63) is 0 Å². The van der Waals surface area contributed by atoms with E-state index in [0.717, 1.165) is 19.4 Å². The second kappa shape index (κ2) is 6.05. The van der Waals surface area contributed by atoms with Crippen LogP contribution in [-0.2, 0) is 9.53 Å². The number of aliphatic carboxylic acids is 1. The van der Waals surface area contributed by atoms with Gasteiger partial charge in [0.2, 0.25) is 0 Å². The Bertz CT molecular complexity index is 209. The van der Waals surface area contributed by atoms with Gasteiger partial charge >= 0.3 is 5.97 Å². The van der Waals surface area contributed by atoms with Crippen LogP contribution in [0.15, 0.2) is 0 Å². The van der Waals surface area contributed by atoms with Gasteiger partial charge in [-0.3, -0.25) is 9.69 Å². The van der Waals surface area contributed by atoms with Gasteiger partial charge in [-0.2, -0.15) is 0 Å². The van der Waals surface area contributed by atoms with E-state index in [1.165, 1.54) is 0 Å². The molecule has 0 bridgehead atoms. The highest BCUT2D eigenvalue weighted by atomic mass is 16.5. The maximum absolute atomic E-state index is 10.9. The number of nitrogens with zero attached hydrogens (tertiary/aromatic N) is 1. The molecule has 1 aliphatic heterocycles. The highest BCUT2D eigenvalue weighted by Crippen LogP contribution is 2.15. The maximum Gasteiger partial charge on any atom is 0.322 e. The number of carboxylic acid groups (broad SMARTS) is 1. The van der Waals surface area contributed by atoms with Crippen LogP contribution in [0.25, 0.3) is 0 Å². The lowest BCUT2D eigenvalue weighted by atomic mass is 10.1. The molecule has 1 rings (SSSR count). The van der Waals surface area contributed by atoms with Crippen molar-refractivity contribution in [3.8, 4) is 0 Å². The molecule has 5 heteroatoms. The molecule has 1 heterocycles. The Morgan fingerprint density at radius 3 is 3.00 bits per heavy atom. The predicted octanol–water partition coefficient (Wildman–Crippen LogP) is -0.101. The van der Waals surface area contributed by atoms with Gasteiger partial charge in [0, 0.05) is 19.7 Å². The lowest BCUT2D eigenvalue weighted by molar-refractivity contribution is -0.144. The predicted molar refractivity (Wildman–Crippen MR) is 56.7 cm³/mol. The van der Waals surface area contributed by atoms with Gasteiger partial charge < -0.3 is 15.6 Å². The monoisotopic (exact) mass is 216 g/mol. The first-order valence-electron chi connectivity index (χ1n) is 5.47. The molecule has 0 spiro atoms. The summed E-state index contributed by atoms with van der Waals surface area (Å²) < 4.78 is 5.51. The van der Waals surface area contributed by atoms with Crippen LogP contribution in [0.1, 0.15) is 19.8 Å². The standard InChI is InChI=1S/C10H20N2O3/c1-2-15-8-4-3-5-12(7-8)9(6-11)10(13)14/h8-9H,2-7,11H2,1H3,(H,13,14). The highest BCUT2D eigenvalue weighted by Gasteiger charge is 2.29. The molecule has 0 amide bonds. The van der Waals surface area contributed by atoms with Crippen LogP contribution in [0.2, 0.25) is 0 Å². The Balaban J connectivity index is 2.50. The largest absolute Gasteiger partial charge is 0.480 e. The molecule has 5 nitrogen and oxygen atoms in total. The van der Waals surface area contributed by atoms with Crippen molar-refractivity contribution in [2.75, 3.05) is 26.2 Å². The summed E-state index contributed by atoms with van der Waals surface area (Å²) in [6.45, 7) is 4.28. The average Bonchev–Trinajstić information content (AvgIpc) is 2.19. The molecule has 88 valence electrons. The number of piperidine rings is 1. The summed E-state index contributed by atoms with van der Waals surface area (Å²) in [5.41, 5.74) is 5.46. The van der Waals surface area contributed by atoms with Crippen molar-refractivity contribution in [3.63, 3.8) is 0 Å². The van der Waals surface area contributed by atoms with E-state index in [4.69, 9.17) is 15.6 Å². The van der Waals surface area contributed by atoms with Crippen LogP contribution in [0.5, 0.6) is 0 Å². The molecular formula is C10H20N2O3. The van der Waals surface area contributed by atoms with Gasteiger partial charge in [0.15, 0.2) is 0 Å². The number of rotatable bonds is 5. The van der Waals surface area contributed by atoms with Gasteiger partial charge in [-0.25, -0.2) is 0 Å². The summed E-state index contributed by atoms with van der Waals surface area (Å²) >= 11 is 0. The van der Waals surface area contributed by atoms with Crippen LogP contribution in [-0.4, -0.2) is 54.4 Å². The fourth-order valence-electron chi connectivity index (χ4n) is 2.03. The summed E-state index contributed by atoms with van der Waals surface area (Å²) in [6, 6.07) is -0.562. The number of hydrogen-bond donors (Lipinski definition) is 2. The molecule has 3 N–H and O–H groups in total. The molecule has 0 aromatic rings.